The summed E-state index contributed by atoms with van der Waals surface area (Å²) in [6.45, 7) is 2.57. The van der Waals surface area contributed by atoms with Crippen molar-refractivity contribution in [2.24, 2.45) is 0 Å². The Kier molecular flexibility index (Phi) is 8.26. The van der Waals surface area contributed by atoms with Crippen molar-refractivity contribution in [2.75, 3.05) is 11.1 Å². The molecule has 3 aromatic rings. The number of rotatable bonds is 9. The second-order valence-corrected chi connectivity index (χ2v) is 8.35. The predicted molar refractivity (Wildman–Crippen MR) is 126 cm³/mol. The smallest absolute Gasteiger partial charge is 0.269 e. The summed E-state index contributed by atoms with van der Waals surface area (Å²) in [5.41, 5.74) is 0.760. The molecular formula is C20H18Cl2N6O4S. The number of nitrogens with zero attached hydrogens (tertiary/aromatic N) is 4. The van der Waals surface area contributed by atoms with Crippen LogP contribution in [0.25, 0.3) is 0 Å². The molecule has 1 aromatic heterocycles. The van der Waals surface area contributed by atoms with Crippen LogP contribution in [0.15, 0.2) is 47.6 Å². The Morgan fingerprint density at radius 2 is 1.85 bits per heavy atom. The summed E-state index contributed by atoms with van der Waals surface area (Å²) in [4.78, 5) is 34.8. The zero-order valence-corrected chi connectivity index (χ0v) is 19.6. The standard InChI is InChI=1S/C20H18Cl2N6O4S/c1-2-27-17(10-23-19(30)12-3-8-15(21)16(22)9-12)25-26-20(27)33-11-18(29)24-13-4-6-14(7-5-13)28(31)32/h3-9H,2,10-11H2,1H3,(H,23,30)(H,24,29). The first-order valence-electron chi connectivity index (χ1n) is 9.61. The number of nitro benzene ring substituents is 1. The molecule has 3 rings (SSSR count). The number of nitrogens with one attached hydrogen (secondary N) is 2. The first kappa shape index (κ1) is 24.5. The van der Waals surface area contributed by atoms with E-state index in [0.29, 0.717) is 33.8 Å². The summed E-state index contributed by atoms with van der Waals surface area (Å²) in [6, 6.07) is 10.1. The SMILES string of the molecule is CCn1c(CNC(=O)c2ccc(Cl)c(Cl)c2)nnc1SCC(=O)Nc1ccc([N+](=O)[O-])cc1. The van der Waals surface area contributed by atoms with Gasteiger partial charge < -0.3 is 15.2 Å². The maximum atomic E-state index is 12.4. The molecule has 172 valence electrons. The lowest BCUT2D eigenvalue weighted by atomic mass is 10.2. The van der Waals surface area contributed by atoms with Crippen molar-refractivity contribution in [3.05, 3.63) is 74.0 Å². The zero-order valence-electron chi connectivity index (χ0n) is 17.2. The number of anilines is 1. The maximum absolute atomic E-state index is 12.4. The topological polar surface area (TPSA) is 132 Å². The maximum Gasteiger partial charge on any atom is 0.269 e. The first-order valence-corrected chi connectivity index (χ1v) is 11.3. The molecule has 2 N–H and O–H groups in total. The van der Waals surface area contributed by atoms with Crippen molar-refractivity contribution in [1.29, 1.82) is 0 Å². The van der Waals surface area contributed by atoms with Gasteiger partial charge >= 0.3 is 0 Å². The van der Waals surface area contributed by atoms with Crippen LogP contribution >= 0.6 is 35.0 Å². The fraction of sp³-hybridized carbons (Fsp3) is 0.200. The summed E-state index contributed by atoms with van der Waals surface area (Å²) in [6.07, 6.45) is 0. The van der Waals surface area contributed by atoms with Crippen molar-refractivity contribution < 1.29 is 14.5 Å². The van der Waals surface area contributed by atoms with Crippen LogP contribution in [-0.2, 0) is 17.9 Å². The lowest BCUT2D eigenvalue weighted by Gasteiger charge is -2.09. The van der Waals surface area contributed by atoms with E-state index in [9.17, 15) is 19.7 Å². The van der Waals surface area contributed by atoms with E-state index in [-0.39, 0.29) is 34.8 Å². The molecule has 0 saturated carbocycles. The largest absolute Gasteiger partial charge is 0.345 e. The molecule has 1 heterocycles. The van der Waals surface area contributed by atoms with E-state index in [0.717, 1.165) is 0 Å². The Hall–Kier alpha value is -3.15. The third-order valence-corrected chi connectivity index (χ3v) is 6.10. The van der Waals surface area contributed by atoms with Gasteiger partial charge in [-0.1, -0.05) is 35.0 Å². The van der Waals surface area contributed by atoms with Crippen LogP contribution in [0, 0.1) is 10.1 Å². The second-order valence-electron chi connectivity index (χ2n) is 6.60. The Balaban J connectivity index is 1.56. The van der Waals surface area contributed by atoms with E-state index in [1.807, 2.05) is 6.92 Å². The molecular weight excluding hydrogens is 491 g/mol. The van der Waals surface area contributed by atoms with E-state index in [4.69, 9.17) is 23.2 Å². The lowest BCUT2D eigenvalue weighted by molar-refractivity contribution is -0.384. The molecule has 0 spiro atoms. The molecule has 0 saturated heterocycles. The van der Waals surface area contributed by atoms with Gasteiger partial charge in [0.05, 0.1) is 27.3 Å². The molecule has 0 unspecified atom stereocenters. The molecule has 0 atom stereocenters. The third kappa shape index (κ3) is 6.44. The van der Waals surface area contributed by atoms with Gasteiger partial charge in [-0.3, -0.25) is 19.7 Å². The van der Waals surface area contributed by atoms with E-state index < -0.39 is 4.92 Å². The molecule has 2 aromatic carbocycles. The van der Waals surface area contributed by atoms with E-state index in [1.54, 1.807) is 16.7 Å². The quantitative estimate of drug-likeness (QED) is 0.251. The Morgan fingerprint density at radius 3 is 2.48 bits per heavy atom. The summed E-state index contributed by atoms with van der Waals surface area (Å²) >= 11 is 13.0. The van der Waals surface area contributed by atoms with Crippen LogP contribution < -0.4 is 10.6 Å². The van der Waals surface area contributed by atoms with Gasteiger partial charge in [-0.25, -0.2) is 0 Å². The number of hydrogen-bond acceptors (Lipinski definition) is 7. The average Bonchev–Trinajstić information content (AvgIpc) is 3.20. The average molecular weight is 509 g/mol. The van der Waals surface area contributed by atoms with Gasteiger partial charge in [0.1, 0.15) is 0 Å². The molecule has 0 aliphatic carbocycles. The van der Waals surface area contributed by atoms with Crippen LogP contribution in [0.1, 0.15) is 23.1 Å². The number of halogens is 2. The van der Waals surface area contributed by atoms with Gasteiger partial charge in [0, 0.05) is 29.9 Å². The molecule has 2 amide bonds. The number of aromatic nitrogens is 3. The van der Waals surface area contributed by atoms with Gasteiger partial charge in [-0.15, -0.1) is 10.2 Å². The highest BCUT2D eigenvalue weighted by Crippen LogP contribution is 2.23. The van der Waals surface area contributed by atoms with Crippen molar-refractivity contribution in [1.82, 2.24) is 20.1 Å². The molecule has 33 heavy (non-hydrogen) atoms. The van der Waals surface area contributed by atoms with Crippen molar-refractivity contribution >= 4 is 58.2 Å². The summed E-state index contributed by atoms with van der Waals surface area (Å²) in [7, 11) is 0. The van der Waals surface area contributed by atoms with Gasteiger partial charge in [0.2, 0.25) is 5.91 Å². The third-order valence-electron chi connectivity index (χ3n) is 4.39. The molecule has 10 nitrogen and oxygen atoms in total. The van der Waals surface area contributed by atoms with Gasteiger partial charge in [0.25, 0.3) is 11.6 Å². The second kappa shape index (κ2) is 11.1. The fourth-order valence-corrected chi connectivity index (χ4v) is 3.89. The van der Waals surface area contributed by atoms with Crippen LogP contribution in [0.5, 0.6) is 0 Å². The van der Waals surface area contributed by atoms with Crippen molar-refractivity contribution in [3.63, 3.8) is 0 Å². The first-order chi connectivity index (χ1) is 15.8. The molecule has 0 radical (unpaired) electrons. The van der Waals surface area contributed by atoms with E-state index >= 15 is 0 Å². The van der Waals surface area contributed by atoms with Crippen molar-refractivity contribution in [2.45, 2.75) is 25.2 Å². The normalized spacial score (nSPS) is 10.6. The molecule has 0 aliphatic heterocycles. The highest BCUT2D eigenvalue weighted by atomic mass is 35.5. The number of hydrogen-bond donors (Lipinski definition) is 2. The van der Waals surface area contributed by atoms with E-state index in [2.05, 4.69) is 20.8 Å². The van der Waals surface area contributed by atoms with Crippen molar-refractivity contribution in [3.8, 4) is 0 Å². The van der Waals surface area contributed by atoms with Crippen LogP contribution in [0.4, 0.5) is 11.4 Å². The fourth-order valence-electron chi connectivity index (χ4n) is 2.77. The number of benzene rings is 2. The molecule has 0 bridgehead atoms. The Labute approximate surface area is 202 Å². The monoisotopic (exact) mass is 508 g/mol. The molecule has 0 aliphatic rings. The van der Waals surface area contributed by atoms with Gasteiger partial charge in [0.15, 0.2) is 11.0 Å². The highest BCUT2D eigenvalue weighted by molar-refractivity contribution is 7.99. The number of carbonyl (C=O) groups excluding carboxylic acids is 2. The number of nitro groups is 1. The van der Waals surface area contributed by atoms with Gasteiger partial charge in [-0.2, -0.15) is 0 Å². The van der Waals surface area contributed by atoms with Crippen LogP contribution in [-0.4, -0.2) is 37.3 Å². The number of thioether (sulfide) groups is 1. The number of amides is 2. The van der Waals surface area contributed by atoms with Crippen LogP contribution in [0.2, 0.25) is 10.0 Å². The Bertz CT molecular complexity index is 1190. The van der Waals surface area contributed by atoms with E-state index in [1.165, 1.54) is 42.1 Å². The minimum atomic E-state index is -0.510. The molecule has 13 heteroatoms. The Morgan fingerprint density at radius 1 is 1.12 bits per heavy atom. The predicted octanol–water partition coefficient (Wildman–Crippen LogP) is 4.17. The van der Waals surface area contributed by atoms with Crippen LogP contribution in [0.3, 0.4) is 0 Å². The summed E-state index contributed by atoms with van der Waals surface area (Å²) < 4.78 is 1.79. The minimum absolute atomic E-state index is 0.0581. The lowest BCUT2D eigenvalue weighted by Crippen LogP contribution is -2.24. The highest BCUT2D eigenvalue weighted by Gasteiger charge is 2.15. The summed E-state index contributed by atoms with van der Waals surface area (Å²) in [5.74, 6) is -0.0424. The number of carbonyl (C=O) groups is 2. The minimum Gasteiger partial charge on any atom is -0.345 e. The zero-order chi connectivity index (χ0) is 24.0. The molecule has 0 fully saturated rings. The van der Waals surface area contributed by atoms with Gasteiger partial charge in [-0.05, 0) is 37.3 Å². The summed E-state index contributed by atoms with van der Waals surface area (Å²) in [5, 5.41) is 25.5. The number of non-ortho nitro benzene ring substituents is 1.